The molecule has 0 atom stereocenters. The topological polar surface area (TPSA) is 43.4 Å². The van der Waals surface area contributed by atoms with Crippen molar-refractivity contribution in [2.75, 3.05) is 9.80 Å². The number of para-hydroxylation sites is 4. The minimum absolute atomic E-state index is 0.517. The molecule has 0 radical (unpaired) electrons. The lowest BCUT2D eigenvalue weighted by Crippen LogP contribution is -2.26. The van der Waals surface area contributed by atoms with Gasteiger partial charge in [0.05, 0.1) is 33.6 Å². The summed E-state index contributed by atoms with van der Waals surface area (Å²) in [6, 6.07) is 149. The normalized spacial score (nSPS) is 13.4. The molecule has 2 aliphatic heterocycles. The second kappa shape index (κ2) is 25.7. The molecular formula is C110H68N2O4. The van der Waals surface area contributed by atoms with Crippen LogP contribution in [-0.2, 0) is 10.8 Å². The van der Waals surface area contributed by atoms with Crippen molar-refractivity contribution in [3.8, 4) is 146 Å². The fourth-order valence-corrected chi connectivity index (χ4v) is 19.9. The molecule has 6 nitrogen and oxygen atoms in total. The third-order valence-electron chi connectivity index (χ3n) is 24.8. The zero-order chi connectivity index (χ0) is 76.2. The van der Waals surface area contributed by atoms with Gasteiger partial charge < -0.3 is 28.7 Å². The highest BCUT2D eigenvalue weighted by Gasteiger charge is 2.54. The van der Waals surface area contributed by atoms with Crippen molar-refractivity contribution in [2.24, 2.45) is 0 Å². The predicted molar refractivity (Wildman–Crippen MR) is 469 cm³/mol. The van der Waals surface area contributed by atoms with E-state index in [0.717, 1.165) is 106 Å². The van der Waals surface area contributed by atoms with E-state index in [1.54, 1.807) is 0 Å². The molecule has 542 valence electrons. The molecule has 0 saturated heterocycles. The minimum Gasteiger partial charge on any atom is -0.449 e. The maximum atomic E-state index is 7.26. The lowest BCUT2D eigenvalue weighted by Gasteiger charge is -2.32. The lowest BCUT2D eigenvalue weighted by atomic mass is 9.70. The summed E-state index contributed by atoms with van der Waals surface area (Å²) in [6.07, 6.45) is 0. The quantitative estimate of drug-likeness (QED) is 0.129. The van der Waals surface area contributed by atoms with E-state index in [9.17, 15) is 0 Å². The van der Waals surface area contributed by atoms with Crippen molar-refractivity contribution in [2.45, 2.75) is 10.8 Å². The Balaban J connectivity index is 0.554. The first-order valence-corrected chi connectivity index (χ1v) is 39.7. The first kappa shape index (κ1) is 65.5. The Labute approximate surface area is 672 Å². The number of hydrogen-bond donors (Lipinski definition) is 0. The molecule has 4 aliphatic carbocycles. The van der Waals surface area contributed by atoms with E-state index in [0.29, 0.717) is 46.0 Å². The van der Waals surface area contributed by atoms with Crippen molar-refractivity contribution in [3.05, 3.63) is 457 Å². The van der Waals surface area contributed by atoms with Crippen LogP contribution in [0.15, 0.2) is 413 Å². The smallest absolute Gasteiger partial charge is 0.172 e. The van der Waals surface area contributed by atoms with Gasteiger partial charge in [0.1, 0.15) is 0 Å². The first-order chi connectivity index (χ1) is 57.5. The van der Waals surface area contributed by atoms with Crippen LogP contribution < -0.4 is 28.7 Å². The summed E-state index contributed by atoms with van der Waals surface area (Å²) in [7, 11) is 0. The van der Waals surface area contributed by atoms with E-state index in [2.05, 4.69) is 416 Å². The number of ether oxygens (including phenoxy) is 4. The summed E-state index contributed by atoms with van der Waals surface area (Å²) in [6.45, 7) is 0. The number of rotatable bonds is 11. The standard InChI is InChI=1S/C110H68N2O4/c1-4-26-69(27-5-1)73-29-25-31-76(61-73)82-37-16-23-49-100(82)112(78-34-8-3-9-35-78)80-56-59-102-104(64-80)116-108-68-98-90(66-106(108)114-102)88-57-54-75(62-96(88)110(98)93-45-19-12-40-85(93)86-41-13-20-46-94(86)110)74-30-24-28-72(60-74)70-50-52-71(53-51-70)81-36-15-22-48-99(81)111(77-32-6-2-7-33-77)79-55-58-101-103(63-79)115-107-67-97-89(65-105(107)113-101)87-42-14-21-47-95(87)109(97)91-43-17-10-38-83(91)84-39-11-18-44-92(84)109/h1-68H. The van der Waals surface area contributed by atoms with Crippen LogP contribution in [0.25, 0.3) is 100 Å². The minimum atomic E-state index is -0.676. The van der Waals surface area contributed by atoms with Crippen LogP contribution in [0.3, 0.4) is 0 Å². The van der Waals surface area contributed by atoms with Gasteiger partial charge >= 0.3 is 0 Å². The molecule has 18 aromatic carbocycles. The number of fused-ring (bicyclic) bond motifs is 24. The van der Waals surface area contributed by atoms with E-state index in [-0.39, 0.29) is 0 Å². The zero-order valence-corrected chi connectivity index (χ0v) is 62.8. The molecule has 2 heterocycles. The van der Waals surface area contributed by atoms with E-state index in [1.807, 2.05) is 6.07 Å². The highest BCUT2D eigenvalue weighted by molar-refractivity contribution is 6.00. The molecular weight excluding hydrogens is 1410 g/mol. The van der Waals surface area contributed by atoms with Crippen LogP contribution >= 0.6 is 0 Å². The van der Waals surface area contributed by atoms with Crippen LogP contribution in [0.5, 0.6) is 46.0 Å². The molecule has 0 N–H and O–H groups in total. The Kier molecular flexibility index (Phi) is 14.5. The van der Waals surface area contributed by atoms with E-state index in [1.165, 1.54) is 72.3 Å². The molecule has 116 heavy (non-hydrogen) atoms. The summed E-state index contributed by atoms with van der Waals surface area (Å²) >= 11 is 0. The molecule has 0 aromatic heterocycles. The van der Waals surface area contributed by atoms with Gasteiger partial charge in [-0.1, -0.05) is 297 Å². The maximum absolute atomic E-state index is 7.26. The van der Waals surface area contributed by atoms with Crippen LogP contribution in [0.2, 0.25) is 0 Å². The monoisotopic (exact) mass is 1480 g/mol. The number of nitrogens with zero attached hydrogens (tertiary/aromatic N) is 2. The number of hydrogen-bond acceptors (Lipinski definition) is 6. The Morgan fingerprint density at radius 2 is 0.440 bits per heavy atom. The van der Waals surface area contributed by atoms with Crippen molar-refractivity contribution < 1.29 is 18.9 Å². The molecule has 0 saturated carbocycles. The third-order valence-corrected chi connectivity index (χ3v) is 24.8. The SMILES string of the molecule is c1ccc(-c2cccc(-c3ccccc3N(c3ccccc3)c3ccc4c(c3)Oc3cc5c(cc3O4)-c3ccc(-c4cccc(-c6ccc(-c7ccccc7N(c7ccccc7)c7ccc8c(c7)Oc7cc9c(cc7O8)-c7ccccc7C97c8ccccc8-c8ccccc87)cc6)c4)cc3C53c4ccccc4-c4ccccc43)c2)cc1. The molecule has 18 aromatic rings. The fraction of sp³-hybridized carbons (Fsp3) is 0.0182. The maximum Gasteiger partial charge on any atom is 0.172 e. The van der Waals surface area contributed by atoms with Gasteiger partial charge in [-0.05, 0) is 237 Å². The lowest BCUT2D eigenvalue weighted by molar-refractivity contribution is 0.359. The van der Waals surface area contributed by atoms with Gasteiger partial charge in [0.2, 0.25) is 0 Å². The molecule has 2 spiro atoms. The molecule has 6 aliphatic rings. The van der Waals surface area contributed by atoms with Crippen LogP contribution in [-0.4, -0.2) is 0 Å². The Morgan fingerprint density at radius 1 is 0.147 bits per heavy atom. The van der Waals surface area contributed by atoms with E-state index >= 15 is 0 Å². The fourth-order valence-electron chi connectivity index (χ4n) is 19.9. The van der Waals surface area contributed by atoms with Crippen molar-refractivity contribution in [1.29, 1.82) is 0 Å². The van der Waals surface area contributed by atoms with Crippen LogP contribution in [0.4, 0.5) is 34.1 Å². The summed E-state index contributed by atoms with van der Waals surface area (Å²) < 4.78 is 28.4. The van der Waals surface area contributed by atoms with E-state index in [4.69, 9.17) is 18.9 Å². The van der Waals surface area contributed by atoms with Gasteiger partial charge in [-0.2, -0.15) is 0 Å². The zero-order valence-electron chi connectivity index (χ0n) is 62.8. The average molecular weight is 1480 g/mol. The molecule has 0 fully saturated rings. The second-order valence-electron chi connectivity index (χ2n) is 30.8. The highest BCUT2D eigenvalue weighted by Crippen LogP contribution is 2.68. The molecule has 0 unspecified atom stereocenters. The van der Waals surface area contributed by atoms with E-state index < -0.39 is 10.8 Å². The van der Waals surface area contributed by atoms with Gasteiger partial charge in [-0.3, -0.25) is 0 Å². The van der Waals surface area contributed by atoms with Crippen LogP contribution in [0, 0.1) is 0 Å². The Morgan fingerprint density at radius 3 is 0.914 bits per heavy atom. The van der Waals surface area contributed by atoms with Gasteiger partial charge in [0.25, 0.3) is 0 Å². The third kappa shape index (κ3) is 9.77. The van der Waals surface area contributed by atoms with Gasteiger partial charge in [0.15, 0.2) is 46.0 Å². The summed E-state index contributed by atoms with van der Waals surface area (Å²) in [5.41, 5.74) is 35.5. The second-order valence-corrected chi connectivity index (χ2v) is 30.8. The molecule has 0 bridgehead atoms. The largest absolute Gasteiger partial charge is 0.449 e. The number of benzene rings is 18. The summed E-state index contributed by atoms with van der Waals surface area (Å²) in [5.74, 6) is 5.32. The van der Waals surface area contributed by atoms with Crippen LogP contribution in [0.1, 0.15) is 44.5 Å². The number of anilines is 6. The summed E-state index contributed by atoms with van der Waals surface area (Å²) in [5, 5.41) is 0. The average Bonchev–Trinajstić information content (AvgIpc) is 1.51. The highest BCUT2D eigenvalue weighted by atomic mass is 16.6. The summed E-state index contributed by atoms with van der Waals surface area (Å²) in [4.78, 5) is 4.65. The molecule has 0 amide bonds. The predicted octanol–water partition coefficient (Wildman–Crippen LogP) is 29.4. The van der Waals surface area contributed by atoms with Crippen molar-refractivity contribution in [3.63, 3.8) is 0 Å². The Bertz CT molecular complexity index is 7020. The molecule has 24 rings (SSSR count). The first-order valence-electron chi connectivity index (χ1n) is 39.7. The van der Waals surface area contributed by atoms with Gasteiger partial charge in [-0.25, -0.2) is 0 Å². The Hall–Kier alpha value is -15.2. The van der Waals surface area contributed by atoms with Crippen molar-refractivity contribution in [1.82, 2.24) is 0 Å². The van der Waals surface area contributed by atoms with Crippen molar-refractivity contribution >= 4 is 34.1 Å². The van der Waals surface area contributed by atoms with Gasteiger partial charge in [0, 0.05) is 34.6 Å². The van der Waals surface area contributed by atoms with Gasteiger partial charge in [-0.15, -0.1) is 0 Å². The molecule has 6 heteroatoms.